The van der Waals surface area contributed by atoms with E-state index in [0.29, 0.717) is 62.0 Å². The van der Waals surface area contributed by atoms with Crippen molar-refractivity contribution in [2.45, 2.75) is 68.7 Å². The number of carbonyl (C=O) groups excluding carboxylic acids is 3. The van der Waals surface area contributed by atoms with Gasteiger partial charge >= 0.3 is 6.03 Å². The molecule has 1 saturated carbocycles. The molecule has 0 unspecified atom stereocenters. The maximum atomic E-state index is 13.6. The van der Waals surface area contributed by atoms with Crippen molar-refractivity contribution in [1.29, 1.82) is 0 Å². The van der Waals surface area contributed by atoms with E-state index in [1.165, 1.54) is 23.1 Å². The highest BCUT2D eigenvalue weighted by atomic mass is 32.2. The molecule has 0 atom stereocenters. The van der Waals surface area contributed by atoms with Gasteiger partial charge in [-0.2, -0.15) is 0 Å². The number of likely N-dealkylation sites (tertiary alicyclic amines) is 1. The van der Waals surface area contributed by atoms with Gasteiger partial charge < -0.3 is 19.6 Å². The normalized spacial score (nSPS) is 22.0. The number of thiazole rings is 1. The van der Waals surface area contributed by atoms with E-state index in [1.807, 2.05) is 9.80 Å². The summed E-state index contributed by atoms with van der Waals surface area (Å²) >= 11 is 2.87. The first kappa shape index (κ1) is 29.6. The number of hydrogen-bond acceptors (Lipinski definition) is 9. The molecule has 2 aromatic rings. The molecule has 1 aliphatic carbocycles. The fraction of sp³-hybridized carbons (Fsp3) is 0.643. The van der Waals surface area contributed by atoms with Crippen molar-refractivity contribution < 1.29 is 14.4 Å². The van der Waals surface area contributed by atoms with E-state index in [0.717, 1.165) is 42.7 Å². The number of rotatable bonds is 7. The van der Waals surface area contributed by atoms with Crippen molar-refractivity contribution >= 4 is 52.0 Å². The average Bonchev–Trinajstić information content (AvgIpc) is 3.45. The summed E-state index contributed by atoms with van der Waals surface area (Å²) in [5.74, 6) is 1.92. The third kappa shape index (κ3) is 7.68. The lowest BCUT2D eigenvalue weighted by Crippen LogP contribution is -2.54. The van der Waals surface area contributed by atoms with E-state index >= 15 is 0 Å². The average molecular weight is 601 g/mol. The first-order chi connectivity index (χ1) is 19.9. The lowest BCUT2D eigenvalue weighted by molar-refractivity contribution is -0.130. The third-order valence-electron chi connectivity index (χ3n) is 8.42. The molecule has 0 aromatic carbocycles. The summed E-state index contributed by atoms with van der Waals surface area (Å²) in [5, 5.41) is 3.61. The number of nitrogens with zero attached hydrogens (tertiary/aromatic N) is 7. The van der Waals surface area contributed by atoms with E-state index in [4.69, 9.17) is 0 Å². The molecule has 11 nitrogen and oxygen atoms in total. The van der Waals surface area contributed by atoms with Crippen LogP contribution in [0, 0.1) is 5.92 Å². The summed E-state index contributed by atoms with van der Waals surface area (Å²) in [4.78, 5) is 59.3. The molecular weight excluding hydrogens is 560 g/mol. The van der Waals surface area contributed by atoms with E-state index in [2.05, 4.69) is 37.0 Å². The summed E-state index contributed by atoms with van der Waals surface area (Å²) in [6.45, 7) is 7.97. The maximum Gasteiger partial charge on any atom is 0.324 e. The number of carbonyl (C=O) groups is 3. The number of urea groups is 1. The zero-order valence-corrected chi connectivity index (χ0v) is 25.5. The predicted molar refractivity (Wildman–Crippen MR) is 161 cm³/mol. The first-order valence-corrected chi connectivity index (χ1v) is 16.4. The Balaban J connectivity index is 1.13. The minimum Gasteiger partial charge on any atom is -0.343 e. The van der Waals surface area contributed by atoms with Crippen LogP contribution in [0.5, 0.6) is 0 Å². The lowest BCUT2D eigenvalue weighted by Gasteiger charge is -2.44. The molecule has 41 heavy (non-hydrogen) atoms. The smallest absolute Gasteiger partial charge is 0.324 e. The van der Waals surface area contributed by atoms with Crippen molar-refractivity contribution in [2.24, 2.45) is 5.92 Å². The standard InChI is InChI=1S/C28H40N8O3S2/c1-20-4-6-22(7-5-20)36(23-8-12-33(13-9-23)21(2)37)28(39)32-27-31-18-25(41-27)40-19-24(38)34-14-16-35(17-15-34)26-29-10-3-11-30-26/h3,10-11,18,20,22-23H,4-9,12-17,19H2,1-2H3,(H,31,32,39). The van der Waals surface area contributed by atoms with Crippen LogP contribution in [0.1, 0.15) is 52.4 Å². The van der Waals surface area contributed by atoms with E-state index in [9.17, 15) is 14.4 Å². The van der Waals surface area contributed by atoms with Crippen molar-refractivity contribution in [3.63, 3.8) is 0 Å². The molecule has 4 heterocycles. The Hall–Kier alpha value is -2.93. The van der Waals surface area contributed by atoms with Crippen LogP contribution >= 0.6 is 23.1 Å². The van der Waals surface area contributed by atoms with E-state index < -0.39 is 0 Å². The van der Waals surface area contributed by atoms with Crippen LogP contribution in [0.3, 0.4) is 0 Å². The highest BCUT2D eigenvalue weighted by Gasteiger charge is 2.35. The molecule has 13 heteroatoms. The zero-order valence-electron chi connectivity index (χ0n) is 23.9. The van der Waals surface area contributed by atoms with Crippen LogP contribution in [0.15, 0.2) is 28.9 Å². The predicted octanol–water partition coefficient (Wildman–Crippen LogP) is 3.80. The van der Waals surface area contributed by atoms with Crippen LogP contribution in [0.4, 0.5) is 15.9 Å². The maximum absolute atomic E-state index is 13.6. The third-order valence-corrected chi connectivity index (χ3v) is 10.5. The molecule has 2 aromatic heterocycles. The molecule has 1 N–H and O–H groups in total. The van der Waals surface area contributed by atoms with Gasteiger partial charge in [-0.05, 0) is 50.5 Å². The highest BCUT2D eigenvalue weighted by Crippen LogP contribution is 2.33. The number of piperidine rings is 1. The van der Waals surface area contributed by atoms with Gasteiger partial charge in [0.1, 0.15) is 0 Å². The molecule has 2 aliphatic heterocycles. The number of piperazine rings is 1. The topological polar surface area (TPSA) is 115 Å². The Morgan fingerprint density at radius 1 is 0.927 bits per heavy atom. The van der Waals surface area contributed by atoms with Gasteiger partial charge in [0.05, 0.1) is 16.2 Å². The molecule has 3 aliphatic rings. The molecule has 0 spiro atoms. The molecule has 222 valence electrons. The zero-order chi connectivity index (χ0) is 28.8. The van der Waals surface area contributed by atoms with Gasteiger partial charge in [0.2, 0.25) is 17.8 Å². The fourth-order valence-electron chi connectivity index (χ4n) is 5.98. The number of anilines is 2. The molecule has 5 rings (SSSR count). The number of nitrogens with one attached hydrogen (secondary N) is 1. The van der Waals surface area contributed by atoms with Crippen LogP contribution in [-0.4, -0.2) is 105 Å². The minimum absolute atomic E-state index is 0.0946. The van der Waals surface area contributed by atoms with Crippen LogP contribution in [0.25, 0.3) is 0 Å². The number of thioether (sulfide) groups is 1. The Kier molecular flexibility index (Phi) is 9.97. The number of aromatic nitrogens is 3. The molecule has 4 amide bonds. The van der Waals surface area contributed by atoms with Crippen molar-refractivity contribution in [1.82, 2.24) is 29.7 Å². The minimum atomic E-state index is -0.104. The fourth-order valence-corrected chi connectivity index (χ4v) is 7.75. The van der Waals surface area contributed by atoms with Gasteiger partial charge in [-0.1, -0.05) is 18.3 Å². The molecule has 0 bridgehead atoms. The molecule has 3 fully saturated rings. The number of hydrogen-bond donors (Lipinski definition) is 1. The Morgan fingerprint density at radius 3 is 2.24 bits per heavy atom. The first-order valence-electron chi connectivity index (χ1n) is 14.6. The van der Waals surface area contributed by atoms with Crippen LogP contribution in [-0.2, 0) is 9.59 Å². The summed E-state index contributed by atoms with van der Waals surface area (Å²) in [7, 11) is 0. The SMILES string of the molecule is CC(=O)N1CCC(N(C(=O)Nc2ncc(SCC(=O)N3CCN(c4ncccn4)CC3)s2)C2CCC(C)CC2)CC1. The monoisotopic (exact) mass is 600 g/mol. The largest absolute Gasteiger partial charge is 0.343 e. The summed E-state index contributed by atoms with van der Waals surface area (Å²) in [5.41, 5.74) is 0. The van der Waals surface area contributed by atoms with Crippen molar-refractivity contribution in [3.8, 4) is 0 Å². The summed E-state index contributed by atoms with van der Waals surface area (Å²) in [6, 6.07) is 2.02. The highest BCUT2D eigenvalue weighted by molar-refractivity contribution is 8.01. The molecule has 0 radical (unpaired) electrons. The number of amides is 4. The van der Waals surface area contributed by atoms with Gasteiger partial charge in [0.25, 0.3) is 0 Å². The summed E-state index contributed by atoms with van der Waals surface area (Å²) < 4.78 is 0.901. The van der Waals surface area contributed by atoms with Crippen molar-refractivity contribution in [3.05, 3.63) is 24.7 Å². The van der Waals surface area contributed by atoms with Gasteiger partial charge in [0.15, 0.2) is 5.13 Å². The molecule has 2 saturated heterocycles. The van der Waals surface area contributed by atoms with E-state index in [-0.39, 0.29) is 29.9 Å². The van der Waals surface area contributed by atoms with Gasteiger partial charge in [-0.25, -0.2) is 19.7 Å². The Morgan fingerprint density at radius 2 is 1.59 bits per heavy atom. The van der Waals surface area contributed by atoms with E-state index in [1.54, 1.807) is 31.6 Å². The quantitative estimate of drug-likeness (QED) is 0.478. The Labute approximate surface area is 250 Å². The molecular formula is C28H40N8O3S2. The van der Waals surface area contributed by atoms with Crippen LogP contribution in [0.2, 0.25) is 0 Å². The van der Waals surface area contributed by atoms with Gasteiger partial charge in [-0.15, -0.1) is 11.8 Å². The van der Waals surface area contributed by atoms with Gasteiger partial charge in [0, 0.05) is 70.7 Å². The second kappa shape index (κ2) is 13.8. The Bertz CT molecular complexity index is 1170. The second-order valence-corrected chi connectivity index (χ2v) is 13.5. The second-order valence-electron chi connectivity index (χ2n) is 11.2. The van der Waals surface area contributed by atoms with Gasteiger partial charge in [-0.3, -0.25) is 14.9 Å². The summed E-state index contributed by atoms with van der Waals surface area (Å²) in [6.07, 6.45) is 11.1. The van der Waals surface area contributed by atoms with Crippen LogP contribution < -0.4 is 10.2 Å². The van der Waals surface area contributed by atoms with Crippen molar-refractivity contribution in [2.75, 3.05) is 55.2 Å². The lowest BCUT2D eigenvalue weighted by atomic mass is 9.85.